The van der Waals surface area contributed by atoms with Gasteiger partial charge in [0, 0.05) is 0 Å². The van der Waals surface area contributed by atoms with Crippen LogP contribution in [0.25, 0.3) is 0 Å². The van der Waals surface area contributed by atoms with E-state index in [2.05, 4.69) is 31.8 Å². The first-order valence-electron chi connectivity index (χ1n) is 3.12. The topological polar surface area (TPSA) is 75.1 Å². The molecule has 13 heavy (non-hydrogen) atoms. The summed E-state index contributed by atoms with van der Waals surface area (Å²) in [6, 6.07) is 0. The quantitative estimate of drug-likeness (QED) is 0.728. The van der Waals surface area contributed by atoms with Crippen molar-refractivity contribution in [1.29, 1.82) is 0 Å². The van der Waals surface area contributed by atoms with Gasteiger partial charge in [-0.1, -0.05) is 0 Å². The van der Waals surface area contributed by atoms with E-state index in [9.17, 15) is 4.79 Å². The number of anilines is 1. The smallest absolute Gasteiger partial charge is 0.410 e. The third-order valence-corrected chi connectivity index (χ3v) is 1.49. The van der Waals surface area contributed by atoms with Crippen LogP contribution in [0.5, 0.6) is 0 Å². The number of carboxylic acid groups (broad SMARTS) is 1. The Bertz CT molecular complexity index is 386. The highest BCUT2D eigenvalue weighted by Gasteiger charge is 2.06. The van der Waals surface area contributed by atoms with Crippen LogP contribution in [-0.2, 0) is 0 Å². The lowest BCUT2D eigenvalue weighted by Crippen LogP contribution is -2.11. The molecule has 0 spiro atoms. The molecule has 2 N–H and O–H groups in total. The van der Waals surface area contributed by atoms with Crippen molar-refractivity contribution in [1.82, 2.24) is 9.97 Å². The van der Waals surface area contributed by atoms with Gasteiger partial charge in [-0.2, -0.15) is 0 Å². The molecule has 0 saturated carbocycles. The fraction of sp³-hybridized carbons (Fsp3) is 0. The van der Waals surface area contributed by atoms with Crippen LogP contribution >= 0.6 is 15.9 Å². The zero-order valence-electron chi connectivity index (χ0n) is 6.28. The van der Waals surface area contributed by atoms with Gasteiger partial charge in [0.15, 0.2) is 11.5 Å². The molecule has 5 nitrogen and oxygen atoms in total. The minimum absolute atomic E-state index is 0.0539. The first-order chi connectivity index (χ1) is 6.13. The summed E-state index contributed by atoms with van der Waals surface area (Å²) in [5.74, 6) is 2.27. The summed E-state index contributed by atoms with van der Waals surface area (Å²) >= 11 is 3.06. The van der Waals surface area contributed by atoms with Gasteiger partial charge >= 0.3 is 6.09 Å². The Morgan fingerprint density at radius 1 is 1.77 bits per heavy atom. The highest BCUT2D eigenvalue weighted by atomic mass is 79.9. The van der Waals surface area contributed by atoms with E-state index in [0.717, 1.165) is 0 Å². The van der Waals surface area contributed by atoms with E-state index in [1.165, 1.54) is 6.20 Å². The molecular formula is C7H4BrN3O2. The third kappa shape index (κ3) is 2.42. The second-order valence-corrected chi connectivity index (χ2v) is 2.78. The molecule has 1 aromatic heterocycles. The predicted molar refractivity (Wildman–Crippen MR) is 49.3 cm³/mol. The fourth-order valence-corrected chi connectivity index (χ4v) is 0.941. The number of aromatic nitrogens is 2. The second kappa shape index (κ2) is 3.87. The summed E-state index contributed by atoms with van der Waals surface area (Å²) < 4.78 is 0.455. The number of amides is 1. The minimum Gasteiger partial charge on any atom is -0.465 e. The predicted octanol–water partition coefficient (Wildman–Crippen LogP) is 1.31. The normalized spacial score (nSPS) is 8.92. The van der Waals surface area contributed by atoms with Crippen LogP contribution in [0.3, 0.4) is 0 Å². The van der Waals surface area contributed by atoms with Crippen molar-refractivity contribution in [2.24, 2.45) is 0 Å². The van der Waals surface area contributed by atoms with Gasteiger partial charge < -0.3 is 5.11 Å². The van der Waals surface area contributed by atoms with Crippen LogP contribution in [0.2, 0.25) is 0 Å². The largest absolute Gasteiger partial charge is 0.465 e. The third-order valence-electron chi connectivity index (χ3n) is 1.11. The van der Waals surface area contributed by atoms with Crippen molar-refractivity contribution >= 4 is 27.8 Å². The van der Waals surface area contributed by atoms with Gasteiger partial charge in [0.2, 0.25) is 0 Å². The Morgan fingerprint density at radius 2 is 2.46 bits per heavy atom. The molecule has 6 heteroatoms. The summed E-state index contributed by atoms with van der Waals surface area (Å²) in [7, 11) is 0. The van der Waals surface area contributed by atoms with E-state index in [1.807, 2.05) is 5.32 Å². The molecule has 0 radical (unpaired) electrons. The molecule has 0 fully saturated rings. The maximum absolute atomic E-state index is 10.3. The van der Waals surface area contributed by atoms with Gasteiger partial charge in [-0.3, -0.25) is 5.32 Å². The Morgan fingerprint density at radius 3 is 3.00 bits per heavy atom. The molecule has 0 aliphatic heterocycles. The van der Waals surface area contributed by atoms with E-state index in [-0.39, 0.29) is 11.5 Å². The highest BCUT2D eigenvalue weighted by Crippen LogP contribution is 2.12. The molecule has 0 atom stereocenters. The van der Waals surface area contributed by atoms with Crippen molar-refractivity contribution in [3.05, 3.63) is 16.5 Å². The molecule has 0 bridgehead atoms. The number of terminal acetylenes is 1. The fourth-order valence-electron chi connectivity index (χ4n) is 0.661. The lowest BCUT2D eigenvalue weighted by Gasteiger charge is -2.01. The van der Waals surface area contributed by atoms with Gasteiger partial charge in [0.25, 0.3) is 0 Å². The molecule has 0 aromatic carbocycles. The molecule has 1 amide bonds. The standard InChI is InChI=1S/C7H4BrN3O2/c1-2-4-6(11-7(12)13)9-3-5(8)10-4/h1,3H,(H,9,11)(H,12,13). The van der Waals surface area contributed by atoms with Crippen LogP contribution in [0, 0.1) is 12.3 Å². The Hall–Kier alpha value is -1.61. The van der Waals surface area contributed by atoms with Crippen LogP contribution in [0.4, 0.5) is 10.6 Å². The first kappa shape index (κ1) is 9.48. The second-order valence-electron chi connectivity index (χ2n) is 1.96. The van der Waals surface area contributed by atoms with Crippen molar-refractivity contribution in [2.45, 2.75) is 0 Å². The van der Waals surface area contributed by atoms with Crippen molar-refractivity contribution in [2.75, 3.05) is 5.32 Å². The molecule has 0 aliphatic carbocycles. The first-order valence-corrected chi connectivity index (χ1v) is 3.92. The lowest BCUT2D eigenvalue weighted by molar-refractivity contribution is 0.209. The van der Waals surface area contributed by atoms with Gasteiger partial charge in [0.1, 0.15) is 4.60 Å². The van der Waals surface area contributed by atoms with Crippen LogP contribution < -0.4 is 5.32 Å². The van der Waals surface area contributed by atoms with E-state index < -0.39 is 6.09 Å². The van der Waals surface area contributed by atoms with Gasteiger partial charge in [0.05, 0.1) is 6.20 Å². The van der Waals surface area contributed by atoms with Crippen molar-refractivity contribution in [3.63, 3.8) is 0 Å². The minimum atomic E-state index is -1.23. The molecule has 1 rings (SSSR count). The van der Waals surface area contributed by atoms with Crippen molar-refractivity contribution < 1.29 is 9.90 Å². The van der Waals surface area contributed by atoms with E-state index in [0.29, 0.717) is 4.60 Å². The summed E-state index contributed by atoms with van der Waals surface area (Å²) in [4.78, 5) is 17.8. The zero-order chi connectivity index (χ0) is 9.84. The number of halogens is 1. The maximum atomic E-state index is 10.3. The molecule has 0 aliphatic rings. The maximum Gasteiger partial charge on any atom is 0.410 e. The molecule has 0 unspecified atom stereocenters. The zero-order valence-corrected chi connectivity index (χ0v) is 7.87. The monoisotopic (exact) mass is 241 g/mol. The molecular weight excluding hydrogens is 238 g/mol. The molecule has 1 aromatic rings. The van der Waals surface area contributed by atoms with Crippen LogP contribution in [-0.4, -0.2) is 21.2 Å². The van der Waals surface area contributed by atoms with E-state index in [4.69, 9.17) is 11.5 Å². The lowest BCUT2D eigenvalue weighted by atomic mass is 10.4. The van der Waals surface area contributed by atoms with Crippen molar-refractivity contribution in [3.8, 4) is 12.3 Å². The molecule has 1 heterocycles. The Balaban J connectivity index is 3.08. The molecule has 0 saturated heterocycles. The van der Waals surface area contributed by atoms with E-state index >= 15 is 0 Å². The average Bonchev–Trinajstić information content (AvgIpc) is 2.07. The van der Waals surface area contributed by atoms with E-state index in [1.54, 1.807) is 0 Å². The SMILES string of the molecule is C#Cc1nc(Br)cnc1NC(=O)O. The number of carbonyl (C=O) groups is 1. The van der Waals surface area contributed by atoms with Crippen LogP contribution in [0.1, 0.15) is 5.69 Å². The van der Waals surface area contributed by atoms with Gasteiger partial charge in [-0.15, -0.1) is 6.42 Å². The molecule has 66 valence electrons. The Labute approximate surface area is 82.3 Å². The Kier molecular flexibility index (Phi) is 2.82. The summed E-state index contributed by atoms with van der Waals surface area (Å²) in [5, 5.41) is 10.4. The average molecular weight is 242 g/mol. The number of hydrogen-bond acceptors (Lipinski definition) is 3. The highest BCUT2D eigenvalue weighted by molar-refractivity contribution is 9.10. The summed E-state index contributed by atoms with van der Waals surface area (Å²) in [5.41, 5.74) is 0.150. The summed E-state index contributed by atoms with van der Waals surface area (Å²) in [6.07, 6.45) is 5.21. The number of hydrogen-bond donors (Lipinski definition) is 2. The number of rotatable bonds is 1. The summed E-state index contributed by atoms with van der Waals surface area (Å²) in [6.45, 7) is 0. The number of nitrogens with one attached hydrogen (secondary N) is 1. The van der Waals surface area contributed by atoms with Gasteiger partial charge in [-0.05, 0) is 21.9 Å². The number of nitrogens with zero attached hydrogens (tertiary/aromatic N) is 2. The van der Waals surface area contributed by atoms with Gasteiger partial charge in [-0.25, -0.2) is 14.8 Å². The van der Waals surface area contributed by atoms with Crippen LogP contribution in [0.15, 0.2) is 10.8 Å².